The molecule has 4 aromatic carbocycles. The van der Waals surface area contributed by atoms with Crippen LogP contribution in [0.25, 0.3) is 17.2 Å². The van der Waals surface area contributed by atoms with Crippen LogP contribution in [0.15, 0.2) is 96.8 Å². The topological polar surface area (TPSA) is 35.5 Å². The second-order valence-electron chi connectivity index (χ2n) is 7.61. The van der Waals surface area contributed by atoms with Crippen LogP contribution in [0.4, 0.5) is 4.39 Å². The first-order valence-electron chi connectivity index (χ1n) is 10.4. The van der Waals surface area contributed by atoms with Gasteiger partial charge in [0.2, 0.25) is 5.78 Å². The number of ketones is 1. The number of hydrogen-bond donors (Lipinski definition) is 0. The molecule has 0 amide bonds. The number of allylic oxidation sites excluding steroid dienone is 1. The highest BCUT2D eigenvalue weighted by Gasteiger charge is 2.27. The normalized spacial score (nSPS) is 13.6. The van der Waals surface area contributed by atoms with Gasteiger partial charge in [-0.1, -0.05) is 72.3 Å². The second kappa shape index (κ2) is 8.93. The van der Waals surface area contributed by atoms with Gasteiger partial charge in [0.1, 0.15) is 23.9 Å². The summed E-state index contributed by atoms with van der Waals surface area (Å²) in [6.45, 7) is 0.169. The van der Waals surface area contributed by atoms with Gasteiger partial charge in [0.25, 0.3) is 0 Å². The average molecular weight is 457 g/mol. The van der Waals surface area contributed by atoms with Gasteiger partial charge in [-0.2, -0.15) is 0 Å². The van der Waals surface area contributed by atoms with E-state index < -0.39 is 5.82 Å². The van der Waals surface area contributed by atoms with Crippen molar-refractivity contribution in [2.75, 3.05) is 0 Å². The molecule has 0 radical (unpaired) electrons. The lowest BCUT2D eigenvalue weighted by atomic mass is 10.0. The van der Waals surface area contributed by atoms with Crippen molar-refractivity contribution in [1.82, 2.24) is 0 Å². The van der Waals surface area contributed by atoms with Gasteiger partial charge in [0.15, 0.2) is 5.76 Å². The van der Waals surface area contributed by atoms with Gasteiger partial charge in [-0.3, -0.25) is 4.79 Å². The van der Waals surface area contributed by atoms with Crippen LogP contribution in [0.1, 0.15) is 21.5 Å². The van der Waals surface area contributed by atoms with Crippen LogP contribution in [0.5, 0.6) is 11.5 Å². The zero-order valence-electron chi connectivity index (χ0n) is 17.4. The van der Waals surface area contributed by atoms with Gasteiger partial charge in [-0.25, -0.2) is 4.39 Å². The number of benzene rings is 4. The molecule has 5 heteroatoms. The predicted molar refractivity (Wildman–Crippen MR) is 127 cm³/mol. The molecule has 0 unspecified atom stereocenters. The van der Waals surface area contributed by atoms with Crippen molar-refractivity contribution < 1.29 is 18.7 Å². The van der Waals surface area contributed by atoms with Crippen molar-refractivity contribution in [2.45, 2.75) is 6.61 Å². The van der Waals surface area contributed by atoms with Gasteiger partial charge in [0.05, 0.1) is 10.6 Å². The van der Waals surface area contributed by atoms with Crippen LogP contribution in [0, 0.1) is 5.82 Å². The number of carbonyl (C=O) groups is 1. The number of rotatable bonds is 5. The minimum absolute atomic E-state index is 0.169. The Balaban J connectivity index is 1.30. The van der Waals surface area contributed by atoms with Gasteiger partial charge >= 0.3 is 0 Å². The predicted octanol–water partition coefficient (Wildman–Crippen LogP) is 7.34. The first kappa shape index (κ1) is 21.0. The molecule has 3 nitrogen and oxygen atoms in total. The molecule has 0 atom stereocenters. The Hall–Kier alpha value is -3.89. The first-order valence-corrected chi connectivity index (χ1v) is 10.8. The molecule has 5 rings (SSSR count). The van der Waals surface area contributed by atoms with Crippen molar-refractivity contribution >= 4 is 23.5 Å². The van der Waals surface area contributed by atoms with Crippen molar-refractivity contribution in [1.29, 1.82) is 0 Å². The lowest BCUT2D eigenvalue weighted by molar-refractivity contribution is 0.101. The Kier molecular flexibility index (Phi) is 5.68. The molecule has 0 saturated carbocycles. The highest BCUT2D eigenvalue weighted by atomic mass is 35.5. The van der Waals surface area contributed by atoms with E-state index in [9.17, 15) is 9.18 Å². The van der Waals surface area contributed by atoms with E-state index in [2.05, 4.69) is 12.1 Å². The third kappa shape index (κ3) is 4.52. The number of halogens is 2. The summed E-state index contributed by atoms with van der Waals surface area (Å²) in [7, 11) is 0. The van der Waals surface area contributed by atoms with Crippen LogP contribution < -0.4 is 9.47 Å². The lowest BCUT2D eigenvalue weighted by Crippen LogP contribution is -1.98. The summed E-state index contributed by atoms with van der Waals surface area (Å²) < 4.78 is 24.8. The number of ether oxygens (including phenoxy) is 2. The van der Waals surface area contributed by atoms with E-state index in [4.69, 9.17) is 21.1 Å². The zero-order valence-corrected chi connectivity index (χ0v) is 18.2. The standard InChI is InChI=1S/C28H18ClFO3/c29-25-15-22(30)11-10-21(25)17-32-23-12-13-24-26(16-23)33-27(28(24)31)14-18-6-8-20(9-7-18)19-4-2-1-3-5-19/h1-16H,17H2/b27-14-. The number of fused-ring (bicyclic) bond motifs is 1. The van der Waals surface area contributed by atoms with Crippen molar-refractivity contribution in [3.8, 4) is 22.6 Å². The van der Waals surface area contributed by atoms with Crippen molar-refractivity contribution in [2.24, 2.45) is 0 Å². The Morgan fingerprint density at radius 1 is 0.879 bits per heavy atom. The highest BCUT2D eigenvalue weighted by molar-refractivity contribution is 6.31. The number of hydrogen-bond acceptors (Lipinski definition) is 3. The molecule has 0 aliphatic carbocycles. The van der Waals surface area contributed by atoms with Crippen molar-refractivity contribution in [3.63, 3.8) is 0 Å². The first-order chi connectivity index (χ1) is 16.1. The summed E-state index contributed by atoms with van der Waals surface area (Å²) >= 11 is 6.05. The molecule has 0 aromatic heterocycles. The minimum atomic E-state index is -0.401. The fraction of sp³-hybridized carbons (Fsp3) is 0.0357. The Labute approximate surface area is 195 Å². The third-order valence-electron chi connectivity index (χ3n) is 5.37. The largest absolute Gasteiger partial charge is 0.489 e. The number of carbonyl (C=O) groups excluding carboxylic acids is 1. The average Bonchev–Trinajstić information content (AvgIpc) is 3.14. The van der Waals surface area contributed by atoms with E-state index >= 15 is 0 Å². The van der Waals surface area contributed by atoms with Crippen LogP contribution in [-0.2, 0) is 6.61 Å². The lowest BCUT2D eigenvalue weighted by Gasteiger charge is -2.08. The molecule has 1 heterocycles. The van der Waals surface area contributed by atoms with Gasteiger partial charge < -0.3 is 9.47 Å². The molecule has 162 valence electrons. The van der Waals surface area contributed by atoms with E-state index in [1.165, 1.54) is 12.1 Å². The van der Waals surface area contributed by atoms with Crippen molar-refractivity contribution in [3.05, 3.63) is 124 Å². The SMILES string of the molecule is O=C1/C(=C/c2ccc(-c3ccccc3)cc2)Oc2cc(OCc3ccc(F)cc3Cl)ccc21. The third-order valence-corrected chi connectivity index (χ3v) is 5.72. The molecule has 0 saturated heterocycles. The maximum atomic E-state index is 13.2. The molecule has 33 heavy (non-hydrogen) atoms. The van der Waals surface area contributed by atoms with Crippen LogP contribution in [0.3, 0.4) is 0 Å². The van der Waals surface area contributed by atoms with Crippen LogP contribution in [0.2, 0.25) is 5.02 Å². The molecular formula is C28H18ClFO3. The monoisotopic (exact) mass is 456 g/mol. The minimum Gasteiger partial charge on any atom is -0.489 e. The highest BCUT2D eigenvalue weighted by Crippen LogP contribution is 2.35. The van der Waals surface area contributed by atoms with Crippen LogP contribution in [-0.4, -0.2) is 5.78 Å². The summed E-state index contributed by atoms with van der Waals surface area (Å²) in [5.74, 6) is 0.647. The fourth-order valence-electron chi connectivity index (χ4n) is 3.61. The summed E-state index contributed by atoms with van der Waals surface area (Å²) in [6.07, 6.45) is 1.73. The van der Waals surface area contributed by atoms with Gasteiger partial charge in [-0.15, -0.1) is 0 Å². The van der Waals surface area contributed by atoms with Gasteiger partial charge in [-0.05, 0) is 47.0 Å². The van der Waals surface area contributed by atoms with E-state index in [1.807, 2.05) is 42.5 Å². The van der Waals surface area contributed by atoms with E-state index in [0.29, 0.717) is 27.6 Å². The van der Waals surface area contributed by atoms with E-state index in [0.717, 1.165) is 16.7 Å². The maximum absolute atomic E-state index is 13.2. The quantitative estimate of drug-likeness (QED) is 0.295. The zero-order chi connectivity index (χ0) is 22.8. The van der Waals surface area contributed by atoms with Crippen LogP contribution >= 0.6 is 11.6 Å². The molecule has 4 aromatic rings. The molecular weight excluding hydrogens is 439 g/mol. The van der Waals surface area contributed by atoms with Gasteiger partial charge in [0, 0.05) is 11.6 Å². The maximum Gasteiger partial charge on any atom is 0.231 e. The summed E-state index contributed by atoms with van der Waals surface area (Å²) in [5.41, 5.74) is 4.24. The fourth-order valence-corrected chi connectivity index (χ4v) is 3.83. The molecule has 0 fully saturated rings. The molecule has 0 N–H and O–H groups in total. The number of Topliss-reactive ketones (excluding diaryl/α,β-unsaturated/α-hetero) is 1. The van der Waals surface area contributed by atoms with E-state index in [1.54, 1.807) is 30.3 Å². The summed E-state index contributed by atoms with van der Waals surface area (Å²) in [5, 5.41) is 0.297. The Morgan fingerprint density at radius 2 is 1.64 bits per heavy atom. The Bertz CT molecular complexity index is 1360. The summed E-state index contributed by atoms with van der Waals surface area (Å²) in [6, 6.07) is 27.2. The molecule has 0 bridgehead atoms. The summed E-state index contributed by atoms with van der Waals surface area (Å²) in [4.78, 5) is 12.8. The Morgan fingerprint density at radius 3 is 2.39 bits per heavy atom. The van der Waals surface area contributed by atoms with E-state index in [-0.39, 0.29) is 18.1 Å². The molecule has 1 aliphatic heterocycles. The second-order valence-corrected chi connectivity index (χ2v) is 8.02. The molecule has 1 aliphatic rings. The molecule has 0 spiro atoms. The smallest absolute Gasteiger partial charge is 0.231 e.